The van der Waals surface area contributed by atoms with Crippen LogP contribution in [-0.4, -0.2) is 29.6 Å². The zero-order valence-corrected chi connectivity index (χ0v) is 13.3. The molecular formula is C17H34N2. The van der Waals surface area contributed by atoms with Gasteiger partial charge in [-0.1, -0.05) is 33.1 Å². The summed E-state index contributed by atoms with van der Waals surface area (Å²) < 4.78 is 0. The standard InChI is InChI=1S/C17H34N2/c1-13(2)10-15-7-5-8-16(11-15)19-14(3)6-4-9-17(19)12-18/h13-17H,4-12,18H2,1-3H3. The Morgan fingerprint density at radius 2 is 1.84 bits per heavy atom. The maximum Gasteiger partial charge on any atom is 0.0224 e. The number of hydrogen-bond acceptors (Lipinski definition) is 2. The average Bonchev–Trinajstić information content (AvgIpc) is 2.37. The van der Waals surface area contributed by atoms with E-state index in [0.717, 1.165) is 30.5 Å². The summed E-state index contributed by atoms with van der Waals surface area (Å²) in [6.07, 6.45) is 11.2. The van der Waals surface area contributed by atoms with Crippen molar-refractivity contribution < 1.29 is 0 Å². The molecule has 2 N–H and O–H groups in total. The lowest BCUT2D eigenvalue weighted by Gasteiger charge is -2.48. The summed E-state index contributed by atoms with van der Waals surface area (Å²) in [5.74, 6) is 1.82. The minimum Gasteiger partial charge on any atom is -0.329 e. The summed E-state index contributed by atoms with van der Waals surface area (Å²) in [5, 5.41) is 0. The molecule has 0 radical (unpaired) electrons. The summed E-state index contributed by atoms with van der Waals surface area (Å²) in [4.78, 5) is 2.82. The van der Waals surface area contributed by atoms with Crippen LogP contribution in [0.5, 0.6) is 0 Å². The third-order valence-corrected chi connectivity index (χ3v) is 5.34. The molecule has 0 aromatic rings. The van der Waals surface area contributed by atoms with Crippen molar-refractivity contribution in [3.05, 3.63) is 0 Å². The topological polar surface area (TPSA) is 29.3 Å². The van der Waals surface area contributed by atoms with Crippen LogP contribution < -0.4 is 5.73 Å². The van der Waals surface area contributed by atoms with Crippen molar-refractivity contribution in [2.45, 2.75) is 90.3 Å². The number of hydrogen-bond donors (Lipinski definition) is 1. The molecule has 19 heavy (non-hydrogen) atoms. The SMILES string of the molecule is CC(C)CC1CCCC(N2C(C)CCCC2CN)C1. The maximum absolute atomic E-state index is 6.04. The molecule has 4 unspecified atom stereocenters. The molecule has 4 atom stereocenters. The minimum absolute atomic E-state index is 0.659. The highest BCUT2D eigenvalue weighted by molar-refractivity contribution is 4.90. The highest BCUT2D eigenvalue weighted by Crippen LogP contribution is 2.36. The van der Waals surface area contributed by atoms with Gasteiger partial charge in [0.05, 0.1) is 0 Å². The molecule has 0 spiro atoms. The number of likely N-dealkylation sites (tertiary alicyclic amines) is 1. The van der Waals surface area contributed by atoms with Crippen molar-refractivity contribution in [1.29, 1.82) is 0 Å². The van der Waals surface area contributed by atoms with E-state index in [1.807, 2.05) is 0 Å². The third kappa shape index (κ3) is 3.95. The first-order chi connectivity index (χ1) is 9.11. The summed E-state index contributed by atoms with van der Waals surface area (Å²) in [6, 6.07) is 2.23. The van der Waals surface area contributed by atoms with Gasteiger partial charge in [-0.3, -0.25) is 4.90 Å². The lowest BCUT2D eigenvalue weighted by atomic mass is 9.79. The predicted octanol–water partition coefficient (Wildman–Crippen LogP) is 3.79. The normalized spacial score (nSPS) is 37.7. The Morgan fingerprint density at radius 1 is 1.11 bits per heavy atom. The monoisotopic (exact) mass is 266 g/mol. The van der Waals surface area contributed by atoms with Crippen LogP contribution in [0.4, 0.5) is 0 Å². The van der Waals surface area contributed by atoms with Crippen LogP contribution in [0.3, 0.4) is 0 Å². The second kappa shape index (κ2) is 7.08. The molecule has 2 rings (SSSR count). The first-order valence-corrected chi connectivity index (χ1v) is 8.59. The molecule has 2 heteroatoms. The van der Waals surface area contributed by atoms with E-state index in [0.29, 0.717) is 6.04 Å². The van der Waals surface area contributed by atoms with Gasteiger partial charge in [-0.15, -0.1) is 0 Å². The second-order valence-electron chi connectivity index (χ2n) is 7.43. The van der Waals surface area contributed by atoms with E-state index >= 15 is 0 Å². The molecule has 2 fully saturated rings. The van der Waals surface area contributed by atoms with E-state index < -0.39 is 0 Å². The van der Waals surface area contributed by atoms with Gasteiger partial charge in [0.15, 0.2) is 0 Å². The van der Waals surface area contributed by atoms with Crippen LogP contribution in [0.15, 0.2) is 0 Å². The molecule has 0 amide bonds. The van der Waals surface area contributed by atoms with Gasteiger partial charge in [-0.25, -0.2) is 0 Å². The third-order valence-electron chi connectivity index (χ3n) is 5.34. The van der Waals surface area contributed by atoms with E-state index in [-0.39, 0.29) is 0 Å². The van der Waals surface area contributed by atoms with Crippen LogP contribution in [0.2, 0.25) is 0 Å². The average molecular weight is 266 g/mol. The minimum atomic E-state index is 0.659. The van der Waals surface area contributed by atoms with Crippen molar-refractivity contribution in [2.75, 3.05) is 6.54 Å². The summed E-state index contributed by atoms with van der Waals surface area (Å²) >= 11 is 0. The molecule has 1 aliphatic carbocycles. The van der Waals surface area contributed by atoms with Crippen molar-refractivity contribution >= 4 is 0 Å². The fourth-order valence-electron chi connectivity index (χ4n) is 4.62. The summed E-state index contributed by atoms with van der Waals surface area (Å²) in [5.41, 5.74) is 6.04. The molecule has 2 aliphatic rings. The summed E-state index contributed by atoms with van der Waals surface area (Å²) in [7, 11) is 0. The molecule has 0 bridgehead atoms. The van der Waals surface area contributed by atoms with Crippen molar-refractivity contribution in [3.8, 4) is 0 Å². The molecule has 112 valence electrons. The lowest BCUT2D eigenvalue weighted by molar-refractivity contribution is 0.0198. The van der Waals surface area contributed by atoms with Gasteiger partial charge in [0, 0.05) is 24.7 Å². The number of rotatable bonds is 4. The fraction of sp³-hybridized carbons (Fsp3) is 1.00. The van der Waals surface area contributed by atoms with Crippen molar-refractivity contribution in [2.24, 2.45) is 17.6 Å². The van der Waals surface area contributed by atoms with Crippen LogP contribution >= 0.6 is 0 Å². The Bertz CT molecular complexity index is 264. The number of nitrogens with zero attached hydrogens (tertiary/aromatic N) is 1. The fourth-order valence-corrected chi connectivity index (χ4v) is 4.62. The zero-order chi connectivity index (χ0) is 13.8. The molecule has 1 saturated heterocycles. The van der Waals surface area contributed by atoms with Gasteiger partial charge in [-0.2, -0.15) is 0 Å². The Labute approximate surface area is 120 Å². The Balaban J connectivity index is 1.98. The molecular weight excluding hydrogens is 232 g/mol. The van der Waals surface area contributed by atoms with Gasteiger partial charge in [0.1, 0.15) is 0 Å². The Kier molecular flexibility index (Phi) is 5.70. The highest BCUT2D eigenvalue weighted by Gasteiger charge is 2.35. The Morgan fingerprint density at radius 3 is 2.53 bits per heavy atom. The first kappa shape index (κ1) is 15.3. The van der Waals surface area contributed by atoms with Gasteiger partial charge in [0.25, 0.3) is 0 Å². The second-order valence-corrected chi connectivity index (χ2v) is 7.43. The zero-order valence-electron chi connectivity index (χ0n) is 13.3. The van der Waals surface area contributed by atoms with Crippen LogP contribution in [0.25, 0.3) is 0 Å². The van der Waals surface area contributed by atoms with Crippen molar-refractivity contribution in [1.82, 2.24) is 4.90 Å². The number of piperidine rings is 1. The number of nitrogens with two attached hydrogens (primary N) is 1. The van der Waals surface area contributed by atoms with Gasteiger partial charge in [-0.05, 0) is 50.9 Å². The van der Waals surface area contributed by atoms with E-state index in [2.05, 4.69) is 25.7 Å². The van der Waals surface area contributed by atoms with E-state index in [4.69, 9.17) is 5.73 Å². The van der Waals surface area contributed by atoms with E-state index in [1.165, 1.54) is 51.4 Å². The van der Waals surface area contributed by atoms with Crippen molar-refractivity contribution in [3.63, 3.8) is 0 Å². The molecule has 1 saturated carbocycles. The molecule has 1 aliphatic heterocycles. The Hall–Kier alpha value is -0.0800. The largest absolute Gasteiger partial charge is 0.329 e. The molecule has 0 aromatic carbocycles. The van der Waals surface area contributed by atoms with Crippen LogP contribution in [-0.2, 0) is 0 Å². The van der Waals surface area contributed by atoms with Crippen LogP contribution in [0, 0.1) is 11.8 Å². The highest BCUT2D eigenvalue weighted by atomic mass is 15.2. The quantitative estimate of drug-likeness (QED) is 0.839. The predicted molar refractivity (Wildman–Crippen MR) is 83.2 cm³/mol. The first-order valence-electron chi connectivity index (χ1n) is 8.59. The van der Waals surface area contributed by atoms with E-state index in [1.54, 1.807) is 0 Å². The lowest BCUT2D eigenvalue weighted by Crippen LogP contribution is -2.54. The van der Waals surface area contributed by atoms with E-state index in [9.17, 15) is 0 Å². The molecule has 0 aromatic heterocycles. The van der Waals surface area contributed by atoms with Gasteiger partial charge in [0.2, 0.25) is 0 Å². The molecule has 1 heterocycles. The van der Waals surface area contributed by atoms with Gasteiger partial charge >= 0.3 is 0 Å². The molecule has 2 nitrogen and oxygen atoms in total. The summed E-state index contributed by atoms with van der Waals surface area (Å²) in [6.45, 7) is 8.02. The van der Waals surface area contributed by atoms with Crippen LogP contribution in [0.1, 0.15) is 72.1 Å². The van der Waals surface area contributed by atoms with Gasteiger partial charge < -0.3 is 5.73 Å². The smallest absolute Gasteiger partial charge is 0.0224 e. The maximum atomic E-state index is 6.04.